The average molecular weight is 294 g/mol. The molecule has 0 fully saturated rings. The summed E-state index contributed by atoms with van der Waals surface area (Å²) in [6, 6.07) is 7.31. The maximum atomic E-state index is 8.74. The van der Waals surface area contributed by atoms with E-state index < -0.39 is 10.4 Å². The summed E-state index contributed by atoms with van der Waals surface area (Å²) in [5.41, 5.74) is 7.13. The van der Waals surface area contributed by atoms with Crippen LogP contribution in [0.25, 0.3) is 0 Å². The molecule has 0 atom stereocenters. The van der Waals surface area contributed by atoms with E-state index in [1.807, 2.05) is 26.0 Å². The highest BCUT2D eigenvalue weighted by molar-refractivity contribution is 7.79. The Morgan fingerprint density at radius 1 is 1.11 bits per heavy atom. The SMILES string of the molecule is CCON(OCC)c1ccc(N)cc1.O=S(=O)(O)O. The second kappa shape index (κ2) is 8.67. The molecule has 0 radical (unpaired) electrons. The lowest BCUT2D eigenvalue weighted by Crippen LogP contribution is -2.23. The highest BCUT2D eigenvalue weighted by Gasteiger charge is 2.05. The van der Waals surface area contributed by atoms with Crippen LogP contribution in [-0.2, 0) is 20.1 Å². The Hall–Kier alpha value is -1.39. The first kappa shape index (κ1) is 17.6. The molecule has 9 heteroatoms. The molecular formula is C10H18N2O6S. The van der Waals surface area contributed by atoms with Crippen LogP contribution in [-0.4, -0.2) is 30.7 Å². The molecular weight excluding hydrogens is 276 g/mol. The van der Waals surface area contributed by atoms with Crippen molar-refractivity contribution in [1.29, 1.82) is 0 Å². The van der Waals surface area contributed by atoms with Crippen LogP contribution >= 0.6 is 0 Å². The number of nitrogens with zero attached hydrogens (tertiary/aromatic N) is 1. The second-order valence-electron chi connectivity index (χ2n) is 3.13. The number of nitrogens with two attached hydrogens (primary N) is 1. The lowest BCUT2D eigenvalue weighted by molar-refractivity contribution is -0.0817. The van der Waals surface area contributed by atoms with Crippen LogP contribution in [0.1, 0.15) is 13.8 Å². The Bertz CT molecular complexity index is 434. The van der Waals surface area contributed by atoms with E-state index >= 15 is 0 Å². The number of anilines is 2. The quantitative estimate of drug-likeness (QED) is 0.422. The van der Waals surface area contributed by atoms with Gasteiger partial charge in [-0.1, -0.05) is 0 Å². The van der Waals surface area contributed by atoms with Gasteiger partial charge in [0.05, 0.1) is 18.9 Å². The van der Waals surface area contributed by atoms with Gasteiger partial charge in [0.25, 0.3) is 0 Å². The third-order valence-corrected chi connectivity index (χ3v) is 1.60. The van der Waals surface area contributed by atoms with Gasteiger partial charge >= 0.3 is 10.4 Å². The minimum atomic E-state index is -4.67. The summed E-state index contributed by atoms with van der Waals surface area (Å²) in [5.74, 6) is 0. The zero-order chi connectivity index (χ0) is 14.9. The van der Waals surface area contributed by atoms with Crippen molar-refractivity contribution in [3.05, 3.63) is 24.3 Å². The van der Waals surface area contributed by atoms with Gasteiger partial charge in [-0.25, -0.2) is 9.68 Å². The van der Waals surface area contributed by atoms with E-state index in [1.54, 1.807) is 12.1 Å². The third kappa shape index (κ3) is 10.2. The molecule has 1 rings (SSSR count). The molecule has 1 aromatic rings. The molecule has 0 aliphatic heterocycles. The normalized spacial score (nSPS) is 10.5. The van der Waals surface area contributed by atoms with E-state index in [0.29, 0.717) is 13.2 Å². The average Bonchev–Trinajstić information content (AvgIpc) is 2.28. The lowest BCUT2D eigenvalue weighted by atomic mass is 10.3. The van der Waals surface area contributed by atoms with Gasteiger partial charge in [0.1, 0.15) is 0 Å². The Morgan fingerprint density at radius 3 is 1.79 bits per heavy atom. The maximum absolute atomic E-state index is 8.74. The Kier molecular flexibility index (Phi) is 8.03. The summed E-state index contributed by atoms with van der Waals surface area (Å²) < 4.78 is 31.6. The molecule has 0 bridgehead atoms. The smallest absolute Gasteiger partial charge is 0.394 e. The number of rotatable bonds is 5. The van der Waals surface area contributed by atoms with Gasteiger partial charge in [-0.15, -0.1) is 5.23 Å². The molecule has 0 heterocycles. The molecule has 4 N–H and O–H groups in total. The van der Waals surface area contributed by atoms with Crippen molar-refractivity contribution in [2.24, 2.45) is 0 Å². The summed E-state index contributed by atoms with van der Waals surface area (Å²) >= 11 is 0. The van der Waals surface area contributed by atoms with Crippen LogP contribution in [0.2, 0.25) is 0 Å². The highest BCUT2D eigenvalue weighted by atomic mass is 32.3. The van der Waals surface area contributed by atoms with Gasteiger partial charge in [-0.3, -0.25) is 9.11 Å². The number of benzene rings is 1. The minimum Gasteiger partial charge on any atom is -0.399 e. The standard InChI is InChI=1S/C10H16N2O2.H2O4S/c1-3-13-12(14-4-2)10-7-5-9(11)6-8-10;1-5(2,3)4/h5-8H,3-4,11H2,1-2H3;(H2,1,2,3,4). The summed E-state index contributed by atoms with van der Waals surface area (Å²) in [6.45, 7) is 4.93. The molecule has 0 aromatic heterocycles. The molecule has 0 aliphatic carbocycles. The van der Waals surface area contributed by atoms with Gasteiger partial charge in [0.15, 0.2) is 0 Å². The molecule has 19 heavy (non-hydrogen) atoms. The molecule has 0 saturated carbocycles. The molecule has 0 spiro atoms. The van der Waals surface area contributed by atoms with Crippen LogP contribution in [0.4, 0.5) is 11.4 Å². The predicted octanol–water partition coefficient (Wildman–Crippen LogP) is 1.33. The van der Waals surface area contributed by atoms with Gasteiger partial charge in [-0.2, -0.15) is 8.42 Å². The van der Waals surface area contributed by atoms with Crippen molar-refractivity contribution in [2.45, 2.75) is 13.8 Å². The second-order valence-corrected chi connectivity index (χ2v) is 4.03. The monoisotopic (exact) mass is 294 g/mol. The van der Waals surface area contributed by atoms with E-state index in [0.717, 1.165) is 11.4 Å². The first-order valence-corrected chi connectivity index (χ1v) is 6.79. The van der Waals surface area contributed by atoms with Crippen molar-refractivity contribution in [3.8, 4) is 0 Å². The lowest BCUT2D eigenvalue weighted by Gasteiger charge is -2.21. The van der Waals surface area contributed by atoms with Crippen molar-refractivity contribution in [1.82, 2.24) is 0 Å². The van der Waals surface area contributed by atoms with Crippen LogP contribution in [0.15, 0.2) is 24.3 Å². The maximum Gasteiger partial charge on any atom is 0.394 e. The first-order chi connectivity index (χ1) is 8.77. The van der Waals surface area contributed by atoms with E-state index in [-0.39, 0.29) is 0 Å². The van der Waals surface area contributed by atoms with Crippen molar-refractivity contribution in [3.63, 3.8) is 0 Å². The predicted molar refractivity (Wildman–Crippen MR) is 70.8 cm³/mol. The fraction of sp³-hybridized carbons (Fsp3) is 0.400. The number of nitrogen functional groups attached to an aromatic ring is 1. The van der Waals surface area contributed by atoms with E-state index in [9.17, 15) is 0 Å². The Balaban J connectivity index is 0.000000555. The van der Waals surface area contributed by atoms with Gasteiger partial charge in [-0.05, 0) is 38.1 Å². The number of hydrogen-bond donors (Lipinski definition) is 3. The van der Waals surface area contributed by atoms with Gasteiger partial charge in [0.2, 0.25) is 0 Å². The van der Waals surface area contributed by atoms with Gasteiger partial charge < -0.3 is 5.73 Å². The molecule has 0 amide bonds. The fourth-order valence-corrected chi connectivity index (χ4v) is 1.02. The summed E-state index contributed by atoms with van der Waals surface area (Å²) in [5, 5.41) is 1.40. The fourth-order valence-electron chi connectivity index (χ4n) is 1.02. The van der Waals surface area contributed by atoms with Crippen LogP contribution < -0.4 is 11.0 Å². The van der Waals surface area contributed by atoms with Crippen molar-refractivity contribution < 1.29 is 27.2 Å². The van der Waals surface area contributed by atoms with Crippen LogP contribution in [0.5, 0.6) is 0 Å². The molecule has 0 saturated heterocycles. The van der Waals surface area contributed by atoms with Gasteiger partial charge in [0, 0.05) is 5.69 Å². The third-order valence-electron chi connectivity index (χ3n) is 1.60. The van der Waals surface area contributed by atoms with Crippen LogP contribution in [0.3, 0.4) is 0 Å². The largest absolute Gasteiger partial charge is 0.399 e. The van der Waals surface area contributed by atoms with Crippen LogP contribution in [0, 0.1) is 0 Å². The minimum absolute atomic E-state index is 0.560. The molecule has 0 unspecified atom stereocenters. The highest BCUT2D eigenvalue weighted by Crippen LogP contribution is 2.16. The van der Waals surface area contributed by atoms with E-state index in [1.165, 1.54) is 5.23 Å². The molecule has 110 valence electrons. The number of hydrogen-bond acceptors (Lipinski definition) is 6. The molecule has 8 nitrogen and oxygen atoms in total. The molecule has 0 aliphatic rings. The van der Waals surface area contributed by atoms with Crippen molar-refractivity contribution >= 4 is 21.8 Å². The zero-order valence-corrected chi connectivity index (χ0v) is 11.5. The summed E-state index contributed by atoms with van der Waals surface area (Å²) in [6.07, 6.45) is 0. The summed E-state index contributed by atoms with van der Waals surface area (Å²) in [4.78, 5) is 10.6. The van der Waals surface area contributed by atoms with Crippen molar-refractivity contribution in [2.75, 3.05) is 24.2 Å². The topological polar surface area (TPSA) is 122 Å². The van der Waals surface area contributed by atoms with E-state index in [4.69, 9.17) is 32.9 Å². The first-order valence-electron chi connectivity index (χ1n) is 5.39. The molecule has 1 aromatic carbocycles. The Morgan fingerprint density at radius 2 is 1.47 bits per heavy atom. The summed E-state index contributed by atoms with van der Waals surface area (Å²) in [7, 11) is -4.67. The van der Waals surface area contributed by atoms with E-state index in [2.05, 4.69) is 0 Å². The Labute approximate surface area is 112 Å². The zero-order valence-electron chi connectivity index (χ0n) is 10.7.